The molecule has 10 heteroatoms. The molecule has 0 unspecified atom stereocenters. The van der Waals surface area contributed by atoms with Crippen LogP contribution in [-0.2, 0) is 11.3 Å². The smallest absolute Gasteiger partial charge is 0.293 e. The SMILES string of the molecule is CC(=O)N1CCN(c2ccc(C(=O)NC3CCN(Cc4ccc(Cl)cc4)CC3)cc2[N+](=O)[O-])CC1. The average Bonchev–Trinajstić information content (AvgIpc) is 2.86. The molecule has 2 fully saturated rings. The molecule has 9 nitrogen and oxygen atoms in total. The average molecular weight is 500 g/mol. The topological polar surface area (TPSA) is 99.0 Å². The Kier molecular flexibility index (Phi) is 7.87. The maximum atomic E-state index is 12.9. The number of halogens is 1. The van der Waals surface area contributed by atoms with Gasteiger partial charge >= 0.3 is 0 Å². The summed E-state index contributed by atoms with van der Waals surface area (Å²) in [7, 11) is 0. The lowest BCUT2D eigenvalue weighted by Crippen LogP contribution is -2.48. The predicted octanol–water partition coefficient (Wildman–Crippen LogP) is 3.31. The number of nitro groups is 1. The third kappa shape index (κ3) is 6.29. The number of rotatable bonds is 6. The molecule has 0 atom stereocenters. The summed E-state index contributed by atoms with van der Waals surface area (Å²) in [6, 6.07) is 12.5. The second-order valence-electron chi connectivity index (χ2n) is 9.10. The number of carbonyl (C=O) groups is 2. The van der Waals surface area contributed by atoms with Gasteiger partial charge in [0, 0.05) is 75.4 Å². The van der Waals surface area contributed by atoms with E-state index >= 15 is 0 Å². The van der Waals surface area contributed by atoms with Crippen LogP contribution in [0.3, 0.4) is 0 Å². The maximum Gasteiger partial charge on any atom is 0.293 e. The molecule has 2 aliphatic rings. The number of nitrogens with zero attached hydrogens (tertiary/aromatic N) is 4. The number of nitrogens with one attached hydrogen (secondary N) is 1. The zero-order valence-corrected chi connectivity index (χ0v) is 20.5. The highest BCUT2D eigenvalue weighted by molar-refractivity contribution is 6.30. The Morgan fingerprint density at radius 3 is 2.29 bits per heavy atom. The number of anilines is 1. The standard InChI is InChI=1S/C25H30ClN5O4/c1-18(32)29-12-14-30(15-13-29)23-7-4-20(16-24(23)31(34)35)25(33)27-22-8-10-28(11-9-22)17-19-2-5-21(26)6-3-19/h2-7,16,22H,8-15,17H2,1H3,(H,27,33). The monoisotopic (exact) mass is 499 g/mol. The van der Waals surface area contributed by atoms with E-state index in [4.69, 9.17) is 11.6 Å². The summed E-state index contributed by atoms with van der Waals surface area (Å²) in [6.07, 6.45) is 1.64. The first-order valence-corrected chi connectivity index (χ1v) is 12.2. The first-order valence-electron chi connectivity index (χ1n) is 11.9. The molecule has 0 bridgehead atoms. The fraction of sp³-hybridized carbons (Fsp3) is 0.440. The number of benzene rings is 2. The van der Waals surface area contributed by atoms with E-state index in [1.165, 1.54) is 18.6 Å². The first kappa shape index (κ1) is 24.9. The lowest BCUT2D eigenvalue weighted by Gasteiger charge is -2.35. The molecular formula is C25H30ClN5O4. The number of hydrogen-bond donors (Lipinski definition) is 1. The van der Waals surface area contributed by atoms with E-state index < -0.39 is 4.92 Å². The van der Waals surface area contributed by atoms with Crippen LogP contribution < -0.4 is 10.2 Å². The largest absolute Gasteiger partial charge is 0.362 e. The summed E-state index contributed by atoms with van der Waals surface area (Å²) < 4.78 is 0. The van der Waals surface area contributed by atoms with E-state index in [1.54, 1.807) is 17.0 Å². The third-order valence-electron chi connectivity index (χ3n) is 6.74. The van der Waals surface area contributed by atoms with Crippen LogP contribution >= 0.6 is 11.6 Å². The Bertz CT molecular complexity index is 1080. The van der Waals surface area contributed by atoms with Gasteiger partial charge in [0.1, 0.15) is 5.69 Å². The number of piperazine rings is 1. The third-order valence-corrected chi connectivity index (χ3v) is 6.99. The van der Waals surface area contributed by atoms with Crippen molar-refractivity contribution >= 4 is 34.8 Å². The first-order chi connectivity index (χ1) is 16.8. The molecule has 186 valence electrons. The Balaban J connectivity index is 1.34. The summed E-state index contributed by atoms with van der Waals surface area (Å²) in [5.74, 6) is -0.292. The predicted molar refractivity (Wildman–Crippen MR) is 135 cm³/mol. The summed E-state index contributed by atoms with van der Waals surface area (Å²) in [5.41, 5.74) is 1.87. The molecule has 2 aromatic rings. The van der Waals surface area contributed by atoms with Gasteiger partial charge in [0.25, 0.3) is 11.6 Å². The van der Waals surface area contributed by atoms with Crippen molar-refractivity contribution in [3.8, 4) is 0 Å². The zero-order chi connectivity index (χ0) is 24.9. The van der Waals surface area contributed by atoms with Gasteiger partial charge in [0.05, 0.1) is 4.92 Å². The van der Waals surface area contributed by atoms with Crippen molar-refractivity contribution in [2.24, 2.45) is 0 Å². The van der Waals surface area contributed by atoms with Gasteiger partial charge in [-0.05, 0) is 42.7 Å². The molecule has 2 amide bonds. The lowest BCUT2D eigenvalue weighted by atomic mass is 10.0. The number of piperidine rings is 1. The van der Waals surface area contributed by atoms with E-state index in [9.17, 15) is 19.7 Å². The van der Waals surface area contributed by atoms with Crippen LogP contribution in [0.15, 0.2) is 42.5 Å². The minimum absolute atomic E-state index is 0.00183. The zero-order valence-electron chi connectivity index (χ0n) is 19.8. The summed E-state index contributed by atoms with van der Waals surface area (Å²) in [6.45, 7) is 6.15. The Morgan fingerprint density at radius 1 is 1.03 bits per heavy atom. The molecular weight excluding hydrogens is 470 g/mol. The van der Waals surface area contributed by atoms with Crippen molar-refractivity contribution in [3.63, 3.8) is 0 Å². The second kappa shape index (κ2) is 11.0. The Morgan fingerprint density at radius 2 is 1.69 bits per heavy atom. The van der Waals surface area contributed by atoms with Gasteiger partial charge in [-0.15, -0.1) is 0 Å². The molecule has 1 N–H and O–H groups in total. The molecule has 4 rings (SSSR count). The maximum absolute atomic E-state index is 12.9. The van der Waals surface area contributed by atoms with Crippen LogP contribution in [0.5, 0.6) is 0 Å². The van der Waals surface area contributed by atoms with Gasteiger partial charge in [-0.25, -0.2) is 0 Å². The van der Waals surface area contributed by atoms with Crippen molar-refractivity contribution in [1.29, 1.82) is 0 Å². The van der Waals surface area contributed by atoms with E-state index in [2.05, 4.69) is 10.2 Å². The van der Waals surface area contributed by atoms with Gasteiger partial charge < -0.3 is 15.1 Å². The molecule has 2 aliphatic heterocycles. The highest BCUT2D eigenvalue weighted by atomic mass is 35.5. The number of carbonyl (C=O) groups excluding carboxylic acids is 2. The molecule has 0 aromatic heterocycles. The fourth-order valence-corrected chi connectivity index (χ4v) is 4.82. The van der Waals surface area contributed by atoms with Crippen molar-refractivity contribution in [1.82, 2.24) is 15.1 Å². The molecule has 0 spiro atoms. The van der Waals surface area contributed by atoms with Gasteiger partial charge in [-0.3, -0.25) is 24.6 Å². The van der Waals surface area contributed by atoms with Crippen molar-refractivity contribution in [2.45, 2.75) is 32.4 Å². The second-order valence-corrected chi connectivity index (χ2v) is 9.54. The van der Waals surface area contributed by atoms with E-state index in [0.29, 0.717) is 31.9 Å². The van der Waals surface area contributed by atoms with Crippen LogP contribution in [0.25, 0.3) is 0 Å². The van der Waals surface area contributed by atoms with E-state index in [-0.39, 0.29) is 29.1 Å². The summed E-state index contributed by atoms with van der Waals surface area (Å²) >= 11 is 5.96. The Hall–Kier alpha value is -3.17. The molecule has 0 aliphatic carbocycles. The van der Waals surface area contributed by atoms with Crippen LogP contribution in [0, 0.1) is 10.1 Å². The van der Waals surface area contributed by atoms with Gasteiger partial charge in [0.2, 0.25) is 5.91 Å². The minimum atomic E-state index is -0.446. The number of hydrogen-bond acceptors (Lipinski definition) is 6. The fourth-order valence-electron chi connectivity index (χ4n) is 4.69. The van der Waals surface area contributed by atoms with Crippen LogP contribution in [0.2, 0.25) is 5.02 Å². The number of likely N-dealkylation sites (tertiary alicyclic amines) is 1. The van der Waals surface area contributed by atoms with E-state index in [0.717, 1.165) is 37.5 Å². The van der Waals surface area contributed by atoms with Crippen molar-refractivity contribution in [2.75, 3.05) is 44.2 Å². The molecule has 0 saturated carbocycles. The highest BCUT2D eigenvalue weighted by Crippen LogP contribution is 2.30. The molecule has 2 heterocycles. The summed E-state index contributed by atoms with van der Waals surface area (Å²) in [5, 5.41) is 15.5. The molecule has 0 radical (unpaired) electrons. The van der Waals surface area contributed by atoms with Crippen LogP contribution in [0.1, 0.15) is 35.7 Å². The molecule has 2 aromatic carbocycles. The normalized spacial score (nSPS) is 17.3. The van der Waals surface area contributed by atoms with Crippen molar-refractivity contribution < 1.29 is 14.5 Å². The van der Waals surface area contributed by atoms with Crippen LogP contribution in [0.4, 0.5) is 11.4 Å². The number of amides is 2. The molecule has 2 saturated heterocycles. The van der Waals surface area contributed by atoms with Crippen LogP contribution in [-0.4, -0.2) is 71.8 Å². The van der Waals surface area contributed by atoms with Crippen molar-refractivity contribution in [3.05, 3.63) is 68.7 Å². The molecule has 35 heavy (non-hydrogen) atoms. The van der Waals surface area contributed by atoms with E-state index in [1.807, 2.05) is 29.2 Å². The van der Waals surface area contributed by atoms with Gasteiger partial charge in [0.15, 0.2) is 0 Å². The number of nitro benzene ring substituents is 1. The highest BCUT2D eigenvalue weighted by Gasteiger charge is 2.27. The van der Waals surface area contributed by atoms with Gasteiger partial charge in [-0.1, -0.05) is 23.7 Å². The van der Waals surface area contributed by atoms with Gasteiger partial charge in [-0.2, -0.15) is 0 Å². The summed E-state index contributed by atoms with van der Waals surface area (Å²) in [4.78, 5) is 41.7. The quantitative estimate of drug-likeness (QED) is 0.483. The minimum Gasteiger partial charge on any atom is -0.362 e. The Labute approximate surface area is 209 Å². The lowest BCUT2D eigenvalue weighted by molar-refractivity contribution is -0.384.